The van der Waals surface area contributed by atoms with Crippen LogP contribution in [-0.4, -0.2) is 66.1 Å². The maximum Gasteiger partial charge on any atom is 0.306 e. The molecule has 1 aromatic heterocycles. The van der Waals surface area contributed by atoms with Crippen LogP contribution in [0.2, 0.25) is 0 Å². The minimum absolute atomic E-state index is 0.00168. The number of amides is 1. The number of hydrogen-bond donors (Lipinski definition) is 1. The molecule has 0 bridgehead atoms. The highest BCUT2D eigenvalue weighted by Crippen LogP contribution is 2.13. The molecule has 2 heterocycles. The molecule has 0 aliphatic carbocycles. The van der Waals surface area contributed by atoms with Crippen molar-refractivity contribution in [1.82, 2.24) is 14.4 Å². The summed E-state index contributed by atoms with van der Waals surface area (Å²) in [5.41, 5.74) is 6.91. The number of carbonyl (C=O) groups excluding carboxylic acids is 2. The molecule has 0 unspecified atom stereocenters. The Morgan fingerprint density at radius 1 is 1.29 bits per heavy atom. The topological polar surface area (TPSA) is 80.8 Å². The van der Waals surface area contributed by atoms with Crippen molar-refractivity contribution >= 4 is 17.6 Å². The van der Waals surface area contributed by atoms with E-state index in [0.717, 1.165) is 13.1 Å². The van der Waals surface area contributed by atoms with E-state index in [1.165, 1.54) is 7.11 Å². The second-order valence-corrected chi connectivity index (χ2v) is 5.23. The molecule has 2 N–H and O–H groups in total. The smallest absolute Gasteiger partial charge is 0.306 e. The minimum atomic E-state index is -0.201. The van der Waals surface area contributed by atoms with Crippen molar-refractivity contribution in [1.29, 1.82) is 0 Å². The van der Waals surface area contributed by atoms with E-state index in [4.69, 9.17) is 5.73 Å². The lowest BCUT2D eigenvalue weighted by Crippen LogP contribution is -2.49. The summed E-state index contributed by atoms with van der Waals surface area (Å²) in [5, 5.41) is 0. The van der Waals surface area contributed by atoms with Gasteiger partial charge in [0.25, 0.3) is 5.91 Å². The summed E-state index contributed by atoms with van der Waals surface area (Å²) < 4.78 is 6.38. The number of ether oxygens (including phenoxy) is 1. The first-order chi connectivity index (χ1) is 10.0. The first-order valence-electron chi connectivity index (χ1n) is 7.01. The molecule has 2 rings (SSSR count). The van der Waals surface area contributed by atoms with Gasteiger partial charge in [-0.2, -0.15) is 0 Å². The van der Waals surface area contributed by atoms with Crippen LogP contribution in [0.1, 0.15) is 16.9 Å². The molecule has 1 amide bonds. The minimum Gasteiger partial charge on any atom is -0.469 e. The SMILES string of the molecule is COC(=O)CCN1CCN(C(=O)c2cc(N)cn2C)CC1. The fourth-order valence-electron chi connectivity index (χ4n) is 2.49. The number of aromatic nitrogens is 1. The van der Waals surface area contributed by atoms with E-state index in [1.54, 1.807) is 16.8 Å². The summed E-state index contributed by atoms with van der Waals surface area (Å²) >= 11 is 0. The molecule has 21 heavy (non-hydrogen) atoms. The van der Waals surface area contributed by atoms with Gasteiger partial charge in [-0.15, -0.1) is 0 Å². The fraction of sp³-hybridized carbons (Fsp3) is 0.571. The molecule has 116 valence electrons. The summed E-state index contributed by atoms with van der Waals surface area (Å²) in [6.45, 7) is 3.52. The third-order valence-electron chi connectivity index (χ3n) is 3.76. The number of aryl methyl sites for hydroxylation is 1. The summed E-state index contributed by atoms with van der Waals surface area (Å²) in [6, 6.07) is 1.70. The van der Waals surface area contributed by atoms with Crippen LogP contribution in [0.5, 0.6) is 0 Å². The number of nitrogens with two attached hydrogens (primary N) is 1. The summed E-state index contributed by atoms with van der Waals surface area (Å²) in [5.74, 6) is -0.199. The molecule has 7 heteroatoms. The number of rotatable bonds is 4. The molecule has 1 aliphatic rings. The maximum absolute atomic E-state index is 12.4. The lowest BCUT2D eigenvalue weighted by molar-refractivity contribution is -0.141. The molecule has 0 atom stereocenters. The van der Waals surface area contributed by atoms with Gasteiger partial charge in [-0.05, 0) is 6.07 Å². The average molecular weight is 294 g/mol. The van der Waals surface area contributed by atoms with Crippen molar-refractivity contribution < 1.29 is 14.3 Å². The van der Waals surface area contributed by atoms with E-state index in [2.05, 4.69) is 9.64 Å². The number of carbonyl (C=O) groups is 2. The normalized spacial score (nSPS) is 16.0. The van der Waals surface area contributed by atoms with Gasteiger partial charge in [-0.3, -0.25) is 14.5 Å². The summed E-state index contributed by atoms with van der Waals surface area (Å²) in [7, 11) is 3.21. The average Bonchev–Trinajstić information content (AvgIpc) is 2.83. The molecule has 1 aromatic rings. The van der Waals surface area contributed by atoms with Crippen LogP contribution in [0.25, 0.3) is 0 Å². The Hall–Kier alpha value is -2.02. The third-order valence-corrected chi connectivity index (χ3v) is 3.76. The largest absolute Gasteiger partial charge is 0.469 e. The van der Waals surface area contributed by atoms with E-state index in [0.29, 0.717) is 37.4 Å². The quantitative estimate of drug-likeness (QED) is 0.786. The molecular weight excluding hydrogens is 272 g/mol. The van der Waals surface area contributed by atoms with Crippen LogP contribution in [0.4, 0.5) is 5.69 Å². The lowest BCUT2D eigenvalue weighted by Gasteiger charge is -2.34. The molecular formula is C14H22N4O3. The summed E-state index contributed by atoms with van der Waals surface area (Å²) in [4.78, 5) is 27.5. The third kappa shape index (κ3) is 3.75. The van der Waals surface area contributed by atoms with Gasteiger partial charge in [0.05, 0.1) is 19.2 Å². The molecule has 0 spiro atoms. The van der Waals surface area contributed by atoms with Gasteiger partial charge in [-0.1, -0.05) is 0 Å². The second-order valence-electron chi connectivity index (χ2n) is 5.23. The molecule has 1 fully saturated rings. The standard InChI is InChI=1S/C14H22N4O3/c1-16-10-11(15)9-12(16)14(20)18-7-5-17(6-8-18)4-3-13(19)21-2/h9-10H,3-8,15H2,1-2H3. The van der Waals surface area contributed by atoms with E-state index >= 15 is 0 Å². The van der Waals surface area contributed by atoms with Gasteiger partial charge >= 0.3 is 5.97 Å². The monoisotopic (exact) mass is 294 g/mol. The van der Waals surface area contributed by atoms with Gasteiger partial charge in [0, 0.05) is 46.0 Å². The number of methoxy groups -OCH3 is 1. The number of hydrogen-bond acceptors (Lipinski definition) is 5. The Balaban J connectivity index is 1.85. The van der Waals surface area contributed by atoms with Gasteiger partial charge in [0.15, 0.2) is 0 Å². The van der Waals surface area contributed by atoms with Crippen molar-refractivity contribution in [2.75, 3.05) is 45.6 Å². The highest BCUT2D eigenvalue weighted by molar-refractivity contribution is 5.93. The van der Waals surface area contributed by atoms with E-state index in [-0.39, 0.29) is 11.9 Å². The Labute approximate surface area is 124 Å². The van der Waals surface area contributed by atoms with Crippen molar-refractivity contribution in [3.05, 3.63) is 18.0 Å². The van der Waals surface area contributed by atoms with E-state index in [9.17, 15) is 9.59 Å². The molecule has 1 aliphatic heterocycles. The molecule has 0 radical (unpaired) electrons. The molecule has 7 nitrogen and oxygen atoms in total. The zero-order chi connectivity index (χ0) is 15.4. The lowest BCUT2D eigenvalue weighted by atomic mass is 10.2. The molecule has 0 aromatic carbocycles. The van der Waals surface area contributed by atoms with Gasteiger partial charge in [0.1, 0.15) is 5.69 Å². The van der Waals surface area contributed by atoms with Crippen molar-refractivity contribution in [2.24, 2.45) is 7.05 Å². The second kappa shape index (κ2) is 6.62. The highest BCUT2D eigenvalue weighted by Gasteiger charge is 2.24. The van der Waals surface area contributed by atoms with Crippen molar-refractivity contribution in [3.63, 3.8) is 0 Å². The maximum atomic E-state index is 12.4. The van der Waals surface area contributed by atoms with Gasteiger partial charge < -0.3 is 19.9 Å². The predicted octanol–water partition coefficient (Wildman–Crippen LogP) is -0.0718. The Morgan fingerprint density at radius 3 is 2.48 bits per heavy atom. The number of anilines is 1. The number of piperazine rings is 1. The highest BCUT2D eigenvalue weighted by atomic mass is 16.5. The Bertz CT molecular complexity index is 518. The van der Waals surface area contributed by atoms with Gasteiger partial charge in [0.2, 0.25) is 0 Å². The summed E-state index contributed by atoms with van der Waals surface area (Å²) in [6.07, 6.45) is 2.12. The van der Waals surface area contributed by atoms with Crippen LogP contribution in [0.15, 0.2) is 12.3 Å². The van der Waals surface area contributed by atoms with Gasteiger partial charge in [-0.25, -0.2) is 0 Å². The zero-order valence-corrected chi connectivity index (χ0v) is 12.5. The van der Waals surface area contributed by atoms with Crippen LogP contribution in [-0.2, 0) is 16.6 Å². The van der Waals surface area contributed by atoms with Crippen LogP contribution in [0, 0.1) is 0 Å². The molecule has 0 saturated carbocycles. The zero-order valence-electron chi connectivity index (χ0n) is 12.5. The number of nitrogen functional groups attached to an aromatic ring is 1. The van der Waals surface area contributed by atoms with E-state index < -0.39 is 0 Å². The fourth-order valence-corrected chi connectivity index (χ4v) is 2.49. The van der Waals surface area contributed by atoms with Crippen LogP contribution in [0.3, 0.4) is 0 Å². The first-order valence-corrected chi connectivity index (χ1v) is 7.01. The van der Waals surface area contributed by atoms with Crippen molar-refractivity contribution in [2.45, 2.75) is 6.42 Å². The molecule has 1 saturated heterocycles. The first kappa shape index (κ1) is 15.4. The number of nitrogens with zero attached hydrogens (tertiary/aromatic N) is 3. The van der Waals surface area contributed by atoms with Crippen LogP contribution < -0.4 is 5.73 Å². The number of esters is 1. The van der Waals surface area contributed by atoms with Crippen LogP contribution >= 0.6 is 0 Å². The Morgan fingerprint density at radius 2 is 1.95 bits per heavy atom. The predicted molar refractivity (Wildman–Crippen MR) is 78.8 cm³/mol. The van der Waals surface area contributed by atoms with Crippen molar-refractivity contribution in [3.8, 4) is 0 Å². The van der Waals surface area contributed by atoms with E-state index in [1.807, 2.05) is 11.9 Å². The Kier molecular flexibility index (Phi) is 4.85.